The summed E-state index contributed by atoms with van der Waals surface area (Å²) < 4.78 is 5.85. The SMILES string of the molecule is Cc1ccnc([C@H]2CCN(CC3=Cc4ccccc4OC3)C2)n1. The number of likely N-dealkylation sites (tertiary alicyclic amines) is 1. The molecule has 4 rings (SSSR count). The highest BCUT2D eigenvalue weighted by Crippen LogP contribution is 2.29. The van der Waals surface area contributed by atoms with Crippen LogP contribution in [0.5, 0.6) is 5.75 Å². The van der Waals surface area contributed by atoms with Gasteiger partial charge in [-0.15, -0.1) is 0 Å². The number of nitrogens with zero attached hydrogens (tertiary/aromatic N) is 3. The van der Waals surface area contributed by atoms with Gasteiger partial charge in [0.05, 0.1) is 0 Å². The molecule has 1 aromatic carbocycles. The van der Waals surface area contributed by atoms with Crippen molar-refractivity contribution >= 4 is 6.08 Å². The number of aromatic nitrogens is 2. The van der Waals surface area contributed by atoms with E-state index in [1.807, 2.05) is 31.3 Å². The van der Waals surface area contributed by atoms with Crippen molar-refractivity contribution in [1.29, 1.82) is 0 Å². The number of para-hydroxylation sites is 1. The molecule has 1 atom stereocenters. The van der Waals surface area contributed by atoms with Crippen molar-refractivity contribution in [2.24, 2.45) is 0 Å². The first-order chi connectivity index (χ1) is 11.3. The van der Waals surface area contributed by atoms with E-state index in [1.54, 1.807) is 0 Å². The zero-order valence-electron chi connectivity index (χ0n) is 13.4. The van der Waals surface area contributed by atoms with Gasteiger partial charge in [-0.05, 0) is 43.7 Å². The number of hydrogen-bond donors (Lipinski definition) is 0. The highest BCUT2D eigenvalue weighted by atomic mass is 16.5. The second-order valence-corrected chi connectivity index (χ2v) is 6.41. The van der Waals surface area contributed by atoms with Crippen molar-refractivity contribution in [3.8, 4) is 5.75 Å². The molecule has 0 aliphatic carbocycles. The minimum atomic E-state index is 0.451. The van der Waals surface area contributed by atoms with Crippen LogP contribution in [0.1, 0.15) is 29.4 Å². The second kappa shape index (κ2) is 6.13. The summed E-state index contributed by atoms with van der Waals surface area (Å²) in [5.74, 6) is 2.43. The largest absolute Gasteiger partial charge is 0.489 e. The third-order valence-electron chi connectivity index (χ3n) is 4.57. The van der Waals surface area contributed by atoms with Gasteiger partial charge in [-0.3, -0.25) is 4.90 Å². The van der Waals surface area contributed by atoms with E-state index in [1.165, 1.54) is 11.1 Å². The van der Waals surface area contributed by atoms with Crippen LogP contribution in [-0.2, 0) is 0 Å². The van der Waals surface area contributed by atoms with E-state index < -0.39 is 0 Å². The minimum absolute atomic E-state index is 0.451. The molecule has 1 fully saturated rings. The second-order valence-electron chi connectivity index (χ2n) is 6.41. The normalized spacial score (nSPS) is 20.7. The topological polar surface area (TPSA) is 38.2 Å². The maximum Gasteiger partial charge on any atom is 0.132 e. The van der Waals surface area contributed by atoms with E-state index in [4.69, 9.17) is 4.74 Å². The zero-order chi connectivity index (χ0) is 15.6. The van der Waals surface area contributed by atoms with Gasteiger partial charge in [-0.25, -0.2) is 9.97 Å². The molecular weight excluding hydrogens is 286 g/mol. The third-order valence-corrected chi connectivity index (χ3v) is 4.57. The van der Waals surface area contributed by atoms with Gasteiger partial charge in [0.15, 0.2) is 0 Å². The molecule has 118 valence electrons. The monoisotopic (exact) mass is 307 g/mol. The quantitative estimate of drug-likeness (QED) is 0.873. The summed E-state index contributed by atoms with van der Waals surface area (Å²) in [7, 11) is 0. The molecule has 4 heteroatoms. The molecule has 0 amide bonds. The number of benzene rings is 1. The van der Waals surface area contributed by atoms with Gasteiger partial charge in [-0.1, -0.05) is 18.2 Å². The summed E-state index contributed by atoms with van der Waals surface area (Å²) in [5.41, 5.74) is 3.58. The van der Waals surface area contributed by atoms with Crippen molar-refractivity contribution in [3.63, 3.8) is 0 Å². The predicted molar refractivity (Wildman–Crippen MR) is 90.5 cm³/mol. The lowest BCUT2D eigenvalue weighted by atomic mass is 10.1. The molecule has 2 aromatic rings. The molecule has 1 aromatic heterocycles. The molecular formula is C19H21N3O. The van der Waals surface area contributed by atoms with Gasteiger partial charge in [0.1, 0.15) is 18.2 Å². The van der Waals surface area contributed by atoms with Crippen LogP contribution in [0, 0.1) is 6.92 Å². The number of rotatable bonds is 3. The Balaban J connectivity index is 1.42. The van der Waals surface area contributed by atoms with Crippen molar-refractivity contribution < 1.29 is 4.74 Å². The molecule has 0 spiro atoms. The Morgan fingerprint density at radius 1 is 1.26 bits per heavy atom. The van der Waals surface area contributed by atoms with Crippen LogP contribution in [0.25, 0.3) is 6.08 Å². The third kappa shape index (κ3) is 3.13. The minimum Gasteiger partial charge on any atom is -0.489 e. The molecule has 0 unspecified atom stereocenters. The Morgan fingerprint density at radius 2 is 2.17 bits per heavy atom. The fourth-order valence-electron chi connectivity index (χ4n) is 3.39. The van der Waals surface area contributed by atoms with E-state index in [0.29, 0.717) is 12.5 Å². The zero-order valence-corrected chi connectivity index (χ0v) is 13.4. The van der Waals surface area contributed by atoms with Crippen molar-refractivity contribution in [2.45, 2.75) is 19.3 Å². The van der Waals surface area contributed by atoms with Crippen LogP contribution in [0.15, 0.2) is 42.1 Å². The highest BCUT2D eigenvalue weighted by Gasteiger charge is 2.26. The van der Waals surface area contributed by atoms with Gasteiger partial charge < -0.3 is 4.74 Å². The first-order valence-electron chi connectivity index (χ1n) is 8.21. The summed E-state index contributed by atoms with van der Waals surface area (Å²) in [6, 6.07) is 10.2. The fraction of sp³-hybridized carbons (Fsp3) is 0.368. The Kier molecular flexibility index (Phi) is 3.83. The van der Waals surface area contributed by atoms with Crippen LogP contribution in [0.4, 0.5) is 0 Å². The van der Waals surface area contributed by atoms with Crippen LogP contribution in [-0.4, -0.2) is 41.1 Å². The van der Waals surface area contributed by atoms with Crippen LogP contribution >= 0.6 is 0 Å². The maximum absolute atomic E-state index is 5.85. The van der Waals surface area contributed by atoms with E-state index in [9.17, 15) is 0 Å². The lowest BCUT2D eigenvalue weighted by Gasteiger charge is -2.22. The molecule has 3 heterocycles. The van der Waals surface area contributed by atoms with E-state index in [0.717, 1.165) is 43.3 Å². The number of ether oxygens (including phenoxy) is 1. The van der Waals surface area contributed by atoms with Crippen LogP contribution in [0.3, 0.4) is 0 Å². The van der Waals surface area contributed by atoms with E-state index in [-0.39, 0.29) is 0 Å². The summed E-state index contributed by atoms with van der Waals surface area (Å²) in [6.45, 7) is 5.82. The van der Waals surface area contributed by atoms with Gasteiger partial charge in [0, 0.05) is 36.5 Å². The van der Waals surface area contributed by atoms with Gasteiger partial charge in [-0.2, -0.15) is 0 Å². The smallest absolute Gasteiger partial charge is 0.132 e. The van der Waals surface area contributed by atoms with Gasteiger partial charge >= 0.3 is 0 Å². The first kappa shape index (κ1) is 14.4. The molecule has 0 radical (unpaired) electrons. The predicted octanol–water partition coefficient (Wildman–Crippen LogP) is 3.05. The Bertz CT molecular complexity index is 741. The van der Waals surface area contributed by atoms with Crippen LogP contribution in [0.2, 0.25) is 0 Å². The average molecular weight is 307 g/mol. The molecule has 4 nitrogen and oxygen atoms in total. The molecule has 0 N–H and O–H groups in total. The summed E-state index contributed by atoms with van der Waals surface area (Å²) in [6.07, 6.45) is 5.28. The number of aryl methyl sites for hydroxylation is 1. The molecule has 2 aliphatic heterocycles. The summed E-state index contributed by atoms with van der Waals surface area (Å²) in [5, 5.41) is 0. The lowest BCUT2D eigenvalue weighted by molar-refractivity contribution is 0.308. The molecule has 0 bridgehead atoms. The van der Waals surface area contributed by atoms with Crippen molar-refractivity contribution in [2.75, 3.05) is 26.2 Å². The van der Waals surface area contributed by atoms with Crippen molar-refractivity contribution in [1.82, 2.24) is 14.9 Å². The van der Waals surface area contributed by atoms with E-state index >= 15 is 0 Å². The molecule has 0 saturated carbocycles. The highest BCUT2D eigenvalue weighted by molar-refractivity contribution is 5.62. The standard InChI is InChI=1S/C19H21N3O/c1-14-6-8-20-19(21-14)17-7-9-22(12-17)11-15-10-16-4-2-3-5-18(16)23-13-15/h2-6,8,10,17H,7,9,11-13H2,1H3/t17-/m0/s1. The lowest BCUT2D eigenvalue weighted by Crippen LogP contribution is -2.26. The fourth-order valence-corrected chi connectivity index (χ4v) is 3.39. The summed E-state index contributed by atoms with van der Waals surface area (Å²) in [4.78, 5) is 11.5. The summed E-state index contributed by atoms with van der Waals surface area (Å²) >= 11 is 0. The van der Waals surface area contributed by atoms with E-state index in [2.05, 4.69) is 33.1 Å². The maximum atomic E-state index is 5.85. The van der Waals surface area contributed by atoms with Gasteiger partial charge in [0.2, 0.25) is 0 Å². The van der Waals surface area contributed by atoms with Gasteiger partial charge in [0.25, 0.3) is 0 Å². The Labute approximate surface area is 136 Å². The molecule has 23 heavy (non-hydrogen) atoms. The molecule has 2 aliphatic rings. The Morgan fingerprint density at radius 3 is 3.09 bits per heavy atom. The molecule has 1 saturated heterocycles. The van der Waals surface area contributed by atoms with Crippen LogP contribution < -0.4 is 4.74 Å². The number of hydrogen-bond acceptors (Lipinski definition) is 4. The van der Waals surface area contributed by atoms with Crippen molar-refractivity contribution in [3.05, 3.63) is 59.2 Å². The Hall–Kier alpha value is -2.20. The average Bonchev–Trinajstić information content (AvgIpc) is 3.03. The first-order valence-corrected chi connectivity index (χ1v) is 8.21. The number of fused-ring (bicyclic) bond motifs is 1.